The van der Waals surface area contributed by atoms with Crippen molar-refractivity contribution in [3.63, 3.8) is 0 Å². The number of benzene rings is 1. The molecular formula is C17H25NOSi. The highest BCUT2D eigenvalue weighted by Gasteiger charge is 2.39. The smallest absolute Gasteiger partial charge is 0.194 e. The van der Waals surface area contributed by atoms with Gasteiger partial charge in [0, 0.05) is 0 Å². The molecule has 1 atom stereocenters. The molecule has 0 aliphatic carbocycles. The predicted molar refractivity (Wildman–Crippen MR) is 87.8 cm³/mol. The van der Waals surface area contributed by atoms with Crippen molar-refractivity contribution in [3.8, 4) is 6.07 Å². The molecule has 0 aliphatic heterocycles. The van der Waals surface area contributed by atoms with E-state index in [0.29, 0.717) is 0 Å². The maximum atomic E-state index is 9.41. The van der Waals surface area contributed by atoms with Gasteiger partial charge in [-0.2, -0.15) is 5.26 Å². The van der Waals surface area contributed by atoms with E-state index in [9.17, 15) is 5.26 Å². The van der Waals surface area contributed by atoms with Crippen molar-refractivity contribution in [2.75, 3.05) is 0 Å². The van der Waals surface area contributed by atoms with E-state index in [1.54, 1.807) is 0 Å². The lowest BCUT2D eigenvalue weighted by Gasteiger charge is -2.37. The lowest BCUT2D eigenvalue weighted by molar-refractivity contribution is 0.263. The molecule has 1 aromatic carbocycles. The summed E-state index contributed by atoms with van der Waals surface area (Å²) in [7, 11) is -1.93. The zero-order valence-electron chi connectivity index (χ0n) is 13.4. The Hall–Kier alpha value is -1.37. The van der Waals surface area contributed by atoms with E-state index in [-0.39, 0.29) is 5.04 Å². The zero-order valence-corrected chi connectivity index (χ0v) is 14.4. The fraction of sp³-hybridized carbons (Fsp3) is 0.471. The highest BCUT2D eigenvalue weighted by atomic mass is 28.4. The van der Waals surface area contributed by atoms with Crippen LogP contribution in [0.1, 0.15) is 33.3 Å². The van der Waals surface area contributed by atoms with Crippen molar-refractivity contribution < 1.29 is 4.43 Å². The summed E-state index contributed by atoms with van der Waals surface area (Å²) in [6, 6.07) is 12.3. The second kappa shape index (κ2) is 6.38. The van der Waals surface area contributed by atoms with Gasteiger partial charge in [-0.3, -0.25) is 0 Å². The van der Waals surface area contributed by atoms with Gasteiger partial charge in [0.25, 0.3) is 0 Å². The van der Waals surface area contributed by atoms with Crippen molar-refractivity contribution in [1.29, 1.82) is 5.26 Å². The van der Waals surface area contributed by atoms with Gasteiger partial charge in [-0.25, -0.2) is 0 Å². The standard InChI is InChI=1S/C17H25NOSi/c1-14(12-15-10-8-7-9-11-15)16(13-18)19-20(5,6)17(2,3)4/h7-12,16H,1-6H3/b14-12+. The van der Waals surface area contributed by atoms with Crippen molar-refractivity contribution in [2.45, 2.75) is 51.9 Å². The summed E-state index contributed by atoms with van der Waals surface area (Å²) >= 11 is 0. The molecule has 2 nitrogen and oxygen atoms in total. The number of nitrogens with zero attached hydrogens (tertiary/aromatic N) is 1. The molecule has 20 heavy (non-hydrogen) atoms. The molecule has 1 rings (SSSR count). The molecule has 0 spiro atoms. The average molecular weight is 287 g/mol. The van der Waals surface area contributed by atoms with Gasteiger partial charge in [-0.15, -0.1) is 0 Å². The van der Waals surface area contributed by atoms with E-state index < -0.39 is 14.4 Å². The Morgan fingerprint density at radius 1 is 1.25 bits per heavy atom. The Morgan fingerprint density at radius 2 is 1.80 bits per heavy atom. The minimum atomic E-state index is -1.93. The second-order valence-electron chi connectivity index (χ2n) is 6.69. The normalized spacial score (nSPS) is 14.8. The number of hydrogen-bond acceptors (Lipinski definition) is 2. The van der Waals surface area contributed by atoms with E-state index in [2.05, 4.69) is 39.9 Å². The van der Waals surface area contributed by atoms with E-state index in [1.807, 2.05) is 43.3 Å². The zero-order chi connectivity index (χ0) is 15.4. The monoisotopic (exact) mass is 287 g/mol. The van der Waals surface area contributed by atoms with E-state index in [0.717, 1.165) is 11.1 Å². The third-order valence-corrected chi connectivity index (χ3v) is 8.38. The van der Waals surface area contributed by atoms with Gasteiger partial charge in [-0.1, -0.05) is 57.2 Å². The first kappa shape index (κ1) is 16.7. The second-order valence-corrected chi connectivity index (χ2v) is 11.4. The van der Waals surface area contributed by atoms with Crippen LogP contribution in [0.4, 0.5) is 0 Å². The maximum Gasteiger partial charge on any atom is 0.194 e. The van der Waals surface area contributed by atoms with Crippen LogP contribution in [0, 0.1) is 11.3 Å². The average Bonchev–Trinajstić information content (AvgIpc) is 2.35. The quantitative estimate of drug-likeness (QED) is 0.730. The first-order chi connectivity index (χ1) is 9.17. The Kier molecular flexibility index (Phi) is 5.32. The minimum absolute atomic E-state index is 0.106. The molecule has 0 bridgehead atoms. The van der Waals surface area contributed by atoms with Crippen LogP contribution < -0.4 is 0 Å². The summed E-state index contributed by atoms with van der Waals surface area (Å²) in [4.78, 5) is 0. The van der Waals surface area contributed by atoms with Crippen molar-refractivity contribution >= 4 is 14.4 Å². The number of rotatable bonds is 4. The van der Waals surface area contributed by atoms with Crippen LogP contribution in [-0.4, -0.2) is 14.4 Å². The van der Waals surface area contributed by atoms with Crippen molar-refractivity contribution in [1.82, 2.24) is 0 Å². The molecule has 0 aromatic heterocycles. The maximum absolute atomic E-state index is 9.41. The number of nitriles is 1. The van der Waals surface area contributed by atoms with Crippen LogP contribution in [0.25, 0.3) is 6.08 Å². The molecule has 3 heteroatoms. The third-order valence-electron chi connectivity index (χ3n) is 3.94. The molecule has 0 saturated heterocycles. The highest BCUT2D eigenvalue weighted by molar-refractivity contribution is 6.74. The fourth-order valence-electron chi connectivity index (χ4n) is 1.58. The van der Waals surface area contributed by atoms with Gasteiger partial charge in [0.2, 0.25) is 0 Å². The van der Waals surface area contributed by atoms with Crippen LogP contribution in [0.2, 0.25) is 18.1 Å². The SMILES string of the molecule is C/C(=C\c1ccccc1)C(C#N)O[Si](C)(C)C(C)(C)C. The molecule has 1 aromatic rings. The molecule has 0 heterocycles. The lowest BCUT2D eigenvalue weighted by Crippen LogP contribution is -2.43. The summed E-state index contributed by atoms with van der Waals surface area (Å²) in [5, 5.41) is 9.52. The van der Waals surface area contributed by atoms with Crippen molar-refractivity contribution in [2.24, 2.45) is 0 Å². The molecule has 0 amide bonds. The van der Waals surface area contributed by atoms with E-state index in [4.69, 9.17) is 4.43 Å². The Balaban J connectivity index is 2.93. The molecule has 0 fully saturated rings. The van der Waals surface area contributed by atoms with Crippen LogP contribution >= 0.6 is 0 Å². The summed E-state index contributed by atoms with van der Waals surface area (Å²) in [6.45, 7) is 12.9. The Morgan fingerprint density at radius 3 is 2.25 bits per heavy atom. The minimum Gasteiger partial charge on any atom is -0.398 e. The van der Waals surface area contributed by atoms with Crippen LogP contribution in [-0.2, 0) is 4.43 Å². The van der Waals surface area contributed by atoms with Gasteiger partial charge in [0.15, 0.2) is 14.4 Å². The molecule has 0 N–H and O–H groups in total. The summed E-state index contributed by atoms with van der Waals surface area (Å²) in [6.07, 6.45) is 1.57. The van der Waals surface area contributed by atoms with Crippen molar-refractivity contribution in [3.05, 3.63) is 41.5 Å². The summed E-state index contributed by atoms with van der Waals surface area (Å²) in [5.41, 5.74) is 2.06. The summed E-state index contributed by atoms with van der Waals surface area (Å²) < 4.78 is 6.20. The first-order valence-corrected chi connectivity index (χ1v) is 9.89. The Labute approximate surface area is 124 Å². The number of hydrogen-bond donors (Lipinski definition) is 0. The third kappa shape index (κ3) is 4.33. The molecule has 0 radical (unpaired) electrons. The fourth-order valence-corrected chi connectivity index (χ4v) is 2.76. The van der Waals surface area contributed by atoms with E-state index in [1.165, 1.54) is 0 Å². The molecule has 1 unspecified atom stereocenters. The summed E-state index contributed by atoms with van der Waals surface area (Å²) in [5.74, 6) is 0. The lowest BCUT2D eigenvalue weighted by atomic mass is 10.1. The van der Waals surface area contributed by atoms with Crippen LogP contribution in [0.5, 0.6) is 0 Å². The highest BCUT2D eigenvalue weighted by Crippen LogP contribution is 2.38. The van der Waals surface area contributed by atoms with Gasteiger partial charge in [0.1, 0.15) is 0 Å². The molecule has 0 aliphatic rings. The van der Waals surface area contributed by atoms with Gasteiger partial charge in [-0.05, 0) is 36.2 Å². The van der Waals surface area contributed by atoms with Crippen LogP contribution in [0.3, 0.4) is 0 Å². The first-order valence-electron chi connectivity index (χ1n) is 6.98. The molecule has 0 saturated carbocycles. The van der Waals surface area contributed by atoms with Gasteiger partial charge >= 0.3 is 0 Å². The van der Waals surface area contributed by atoms with Crippen LogP contribution in [0.15, 0.2) is 35.9 Å². The molecule has 108 valence electrons. The van der Waals surface area contributed by atoms with Gasteiger partial charge in [0.05, 0.1) is 6.07 Å². The largest absolute Gasteiger partial charge is 0.398 e. The Bertz CT molecular complexity index is 506. The topological polar surface area (TPSA) is 33.0 Å². The molecular weight excluding hydrogens is 262 g/mol. The van der Waals surface area contributed by atoms with Gasteiger partial charge < -0.3 is 4.43 Å². The predicted octanol–water partition coefficient (Wildman–Crippen LogP) is 5.00. The van der Waals surface area contributed by atoms with E-state index >= 15 is 0 Å².